The van der Waals surface area contributed by atoms with Crippen molar-refractivity contribution in [2.75, 3.05) is 18.0 Å². The van der Waals surface area contributed by atoms with Gasteiger partial charge in [-0.2, -0.15) is 18.3 Å². The standard InChI is InChI=1S/C16H17F3N6O2/c17-16(18,19)15(27)25(13-2-1-5-20-8-13)12-3-6-23(7-4-12)14(26)9-24-11-21-10-22-24/h1-2,5,8,10-12H,3-4,6-7,9H2. The monoisotopic (exact) mass is 382 g/mol. The Morgan fingerprint density at radius 1 is 1.22 bits per heavy atom. The van der Waals surface area contributed by atoms with E-state index in [4.69, 9.17) is 0 Å². The van der Waals surface area contributed by atoms with E-state index in [1.807, 2.05) is 0 Å². The molecule has 0 aromatic carbocycles. The molecule has 2 aromatic heterocycles. The van der Waals surface area contributed by atoms with Gasteiger partial charge in [0.25, 0.3) is 0 Å². The van der Waals surface area contributed by atoms with E-state index in [2.05, 4.69) is 15.1 Å². The van der Waals surface area contributed by atoms with Crippen LogP contribution in [0.15, 0.2) is 37.2 Å². The van der Waals surface area contributed by atoms with Crippen molar-refractivity contribution in [3.63, 3.8) is 0 Å². The predicted octanol–water partition coefficient (Wildman–Crippen LogP) is 1.26. The van der Waals surface area contributed by atoms with E-state index in [1.165, 1.54) is 41.9 Å². The highest BCUT2D eigenvalue weighted by Crippen LogP contribution is 2.29. The summed E-state index contributed by atoms with van der Waals surface area (Å²) in [6.07, 6.45) is 0.859. The Balaban J connectivity index is 1.69. The van der Waals surface area contributed by atoms with Gasteiger partial charge in [0, 0.05) is 25.3 Å². The van der Waals surface area contributed by atoms with Crippen LogP contribution in [0.5, 0.6) is 0 Å². The van der Waals surface area contributed by atoms with Gasteiger partial charge >= 0.3 is 12.1 Å². The molecule has 0 spiro atoms. The minimum absolute atomic E-state index is 0.0124. The van der Waals surface area contributed by atoms with Crippen LogP contribution in [0.25, 0.3) is 0 Å². The SMILES string of the molecule is O=C(Cn1cncn1)N1CCC(N(C(=O)C(F)(F)F)c2cccnc2)CC1. The summed E-state index contributed by atoms with van der Waals surface area (Å²) in [7, 11) is 0. The van der Waals surface area contributed by atoms with Crippen molar-refractivity contribution >= 4 is 17.5 Å². The first-order chi connectivity index (χ1) is 12.9. The summed E-state index contributed by atoms with van der Waals surface area (Å²) in [5, 5.41) is 3.86. The van der Waals surface area contributed by atoms with Crippen LogP contribution in [0, 0.1) is 0 Å². The molecule has 8 nitrogen and oxygen atoms in total. The molecule has 11 heteroatoms. The third-order valence-corrected chi connectivity index (χ3v) is 4.33. The molecule has 1 saturated heterocycles. The lowest BCUT2D eigenvalue weighted by Gasteiger charge is -2.38. The maximum absolute atomic E-state index is 13.1. The van der Waals surface area contributed by atoms with E-state index in [9.17, 15) is 22.8 Å². The fraction of sp³-hybridized carbons (Fsp3) is 0.438. The average molecular weight is 382 g/mol. The number of hydrogen-bond donors (Lipinski definition) is 0. The largest absolute Gasteiger partial charge is 0.471 e. The number of rotatable bonds is 4. The van der Waals surface area contributed by atoms with E-state index >= 15 is 0 Å². The van der Waals surface area contributed by atoms with Crippen LogP contribution < -0.4 is 4.90 Å². The number of halogens is 3. The molecule has 0 N–H and O–H groups in total. The summed E-state index contributed by atoms with van der Waals surface area (Å²) in [6, 6.07) is 2.22. The first kappa shape index (κ1) is 18.8. The van der Waals surface area contributed by atoms with Gasteiger partial charge < -0.3 is 4.90 Å². The number of hydrogen-bond acceptors (Lipinski definition) is 5. The van der Waals surface area contributed by atoms with Gasteiger partial charge in [-0.3, -0.25) is 19.5 Å². The zero-order valence-corrected chi connectivity index (χ0v) is 14.2. The van der Waals surface area contributed by atoms with E-state index in [-0.39, 0.29) is 44.1 Å². The summed E-state index contributed by atoms with van der Waals surface area (Å²) in [5.41, 5.74) is 0.0900. The number of piperidine rings is 1. The predicted molar refractivity (Wildman–Crippen MR) is 87.4 cm³/mol. The molecule has 2 amide bonds. The fourth-order valence-corrected chi connectivity index (χ4v) is 3.05. The minimum Gasteiger partial charge on any atom is -0.341 e. The van der Waals surface area contributed by atoms with Gasteiger partial charge in [0.15, 0.2) is 0 Å². The third kappa shape index (κ3) is 4.41. The van der Waals surface area contributed by atoms with Crippen molar-refractivity contribution in [2.45, 2.75) is 31.6 Å². The van der Waals surface area contributed by atoms with Crippen molar-refractivity contribution in [3.8, 4) is 0 Å². The first-order valence-corrected chi connectivity index (χ1v) is 8.27. The number of likely N-dealkylation sites (tertiary alicyclic amines) is 1. The van der Waals surface area contributed by atoms with Gasteiger partial charge in [-0.15, -0.1) is 0 Å². The van der Waals surface area contributed by atoms with Crippen molar-refractivity contribution in [1.82, 2.24) is 24.6 Å². The number of pyridine rings is 1. The van der Waals surface area contributed by atoms with Crippen molar-refractivity contribution in [2.24, 2.45) is 0 Å². The van der Waals surface area contributed by atoms with Crippen LogP contribution in [0.1, 0.15) is 12.8 Å². The molecule has 0 atom stereocenters. The molecule has 1 fully saturated rings. The zero-order chi connectivity index (χ0) is 19.4. The second-order valence-electron chi connectivity index (χ2n) is 6.09. The van der Waals surface area contributed by atoms with Crippen molar-refractivity contribution in [3.05, 3.63) is 37.2 Å². The minimum atomic E-state index is -4.99. The van der Waals surface area contributed by atoms with Crippen LogP contribution in [-0.2, 0) is 16.1 Å². The molecular formula is C16H17F3N6O2. The van der Waals surface area contributed by atoms with Crippen LogP contribution in [0.2, 0.25) is 0 Å². The summed E-state index contributed by atoms with van der Waals surface area (Å²) in [6.45, 7) is 0.513. The van der Waals surface area contributed by atoms with Gasteiger partial charge in [0.2, 0.25) is 5.91 Å². The molecule has 3 heterocycles. The van der Waals surface area contributed by atoms with Crippen LogP contribution >= 0.6 is 0 Å². The van der Waals surface area contributed by atoms with Crippen LogP contribution in [0.4, 0.5) is 18.9 Å². The second kappa shape index (κ2) is 7.72. The highest BCUT2D eigenvalue weighted by molar-refractivity contribution is 5.97. The van der Waals surface area contributed by atoms with E-state index in [1.54, 1.807) is 4.90 Å². The lowest BCUT2D eigenvalue weighted by Crippen LogP contribution is -2.52. The Hall–Kier alpha value is -2.98. The Morgan fingerprint density at radius 2 is 1.96 bits per heavy atom. The molecule has 27 heavy (non-hydrogen) atoms. The lowest BCUT2D eigenvalue weighted by atomic mass is 10.0. The Kier molecular flexibility index (Phi) is 5.38. The smallest absolute Gasteiger partial charge is 0.341 e. The highest BCUT2D eigenvalue weighted by atomic mass is 19.4. The van der Waals surface area contributed by atoms with Gasteiger partial charge in [0.05, 0.1) is 11.9 Å². The molecule has 0 aliphatic carbocycles. The van der Waals surface area contributed by atoms with Crippen molar-refractivity contribution in [1.29, 1.82) is 0 Å². The number of aromatic nitrogens is 4. The Bertz CT molecular complexity index is 773. The summed E-state index contributed by atoms with van der Waals surface area (Å²) in [4.78, 5) is 34.1. The fourth-order valence-electron chi connectivity index (χ4n) is 3.05. The average Bonchev–Trinajstić information content (AvgIpc) is 3.15. The van der Waals surface area contributed by atoms with Gasteiger partial charge in [-0.25, -0.2) is 9.67 Å². The highest BCUT2D eigenvalue weighted by Gasteiger charge is 2.46. The maximum Gasteiger partial charge on any atom is 0.471 e. The molecule has 0 unspecified atom stereocenters. The molecule has 0 bridgehead atoms. The number of carbonyl (C=O) groups excluding carboxylic acids is 2. The van der Waals surface area contributed by atoms with E-state index < -0.39 is 18.1 Å². The van der Waals surface area contributed by atoms with Crippen molar-refractivity contribution < 1.29 is 22.8 Å². The molecule has 3 rings (SSSR count). The lowest BCUT2D eigenvalue weighted by molar-refractivity contribution is -0.171. The van der Waals surface area contributed by atoms with Crippen LogP contribution in [-0.4, -0.2) is 61.8 Å². The normalized spacial score (nSPS) is 15.6. The first-order valence-electron chi connectivity index (χ1n) is 8.27. The maximum atomic E-state index is 13.1. The summed E-state index contributed by atoms with van der Waals surface area (Å²) >= 11 is 0. The quantitative estimate of drug-likeness (QED) is 0.795. The Labute approximate surface area is 152 Å². The number of alkyl halides is 3. The molecule has 144 valence electrons. The molecule has 1 aliphatic rings. The second-order valence-corrected chi connectivity index (χ2v) is 6.09. The molecule has 1 aliphatic heterocycles. The summed E-state index contributed by atoms with van der Waals surface area (Å²) < 4.78 is 40.6. The number of nitrogens with zero attached hydrogens (tertiary/aromatic N) is 6. The number of anilines is 1. The molecule has 2 aromatic rings. The van der Waals surface area contributed by atoms with Crippen LogP contribution in [0.3, 0.4) is 0 Å². The topological polar surface area (TPSA) is 84.2 Å². The molecular weight excluding hydrogens is 365 g/mol. The Morgan fingerprint density at radius 3 is 2.52 bits per heavy atom. The number of carbonyl (C=O) groups is 2. The third-order valence-electron chi connectivity index (χ3n) is 4.33. The summed E-state index contributed by atoms with van der Waals surface area (Å²) in [5.74, 6) is -2.13. The van der Waals surface area contributed by atoms with E-state index in [0.29, 0.717) is 0 Å². The molecule has 0 saturated carbocycles. The number of amides is 2. The molecule has 0 radical (unpaired) electrons. The van der Waals surface area contributed by atoms with E-state index in [0.717, 1.165) is 4.90 Å². The zero-order valence-electron chi connectivity index (χ0n) is 14.2. The van der Waals surface area contributed by atoms with Gasteiger partial charge in [-0.1, -0.05) is 0 Å². The van der Waals surface area contributed by atoms with Gasteiger partial charge in [-0.05, 0) is 25.0 Å². The van der Waals surface area contributed by atoms with Gasteiger partial charge in [0.1, 0.15) is 19.2 Å².